The van der Waals surface area contributed by atoms with Gasteiger partial charge in [0.2, 0.25) is 11.8 Å². The quantitative estimate of drug-likeness (QED) is 0.856. The van der Waals surface area contributed by atoms with Crippen LogP contribution in [-0.4, -0.2) is 35.3 Å². The van der Waals surface area contributed by atoms with Crippen LogP contribution in [0.5, 0.6) is 0 Å². The average molecular weight is 298 g/mol. The van der Waals surface area contributed by atoms with E-state index < -0.39 is 5.54 Å². The van der Waals surface area contributed by atoms with Gasteiger partial charge < -0.3 is 10.2 Å². The van der Waals surface area contributed by atoms with Crippen molar-refractivity contribution in [1.29, 1.82) is 0 Å². The molecule has 1 aromatic rings. The van der Waals surface area contributed by atoms with Gasteiger partial charge >= 0.3 is 0 Å². The zero-order valence-electron chi connectivity index (χ0n) is 13.2. The molecule has 1 saturated heterocycles. The van der Waals surface area contributed by atoms with Gasteiger partial charge in [-0.1, -0.05) is 24.3 Å². The zero-order chi connectivity index (χ0) is 15.5. The average Bonchev–Trinajstić information content (AvgIpc) is 3.11. The van der Waals surface area contributed by atoms with Crippen molar-refractivity contribution < 1.29 is 9.59 Å². The normalized spacial score (nSPS) is 31.8. The summed E-state index contributed by atoms with van der Waals surface area (Å²) >= 11 is 0. The number of nitrogens with zero attached hydrogens (tertiary/aromatic N) is 1. The lowest BCUT2D eigenvalue weighted by atomic mass is 9.93. The number of rotatable bonds is 1. The number of nitrogens with one attached hydrogen (secondary N) is 1. The first-order valence-corrected chi connectivity index (χ1v) is 8.15. The summed E-state index contributed by atoms with van der Waals surface area (Å²) in [5.74, 6) is 0.173. The number of piperazine rings is 1. The van der Waals surface area contributed by atoms with Crippen LogP contribution in [0.3, 0.4) is 0 Å². The molecule has 2 unspecified atom stereocenters. The summed E-state index contributed by atoms with van der Waals surface area (Å²) in [6.07, 6.45) is 3.09. The van der Waals surface area contributed by atoms with Gasteiger partial charge in [0.05, 0.1) is 0 Å². The predicted molar refractivity (Wildman–Crippen MR) is 83.3 cm³/mol. The first-order valence-electron chi connectivity index (χ1n) is 8.15. The summed E-state index contributed by atoms with van der Waals surface area (Å²) in [7, 11) is 0. The Morgan fingerprint density at radius 3 is 2.91 bits per heavy atom. The van der Waals surface area contributed by atoms with Crippen LogP contribution in [0.2, 0.25) is 0 Å². The van der Waals surface area contributed by atoms with Gasteiger partial charge in [-0.25, -0.2) is 0 Å². The standard InChI is InChI=1S/C18H22N2O2/c1-17(2)16(22)19-9-10-20(17)15(21)14-11-18(14)8-7-12-5-3-4-6-13(12)18/h3-6,14H,7-11H2,1-2H3,(H,19,22). The number of carbonyl (C=O) groups excluding carboxylic acids is 2. The molecule has 2 aliphatic carbocycles. The first kappa shape index (κ1) is 13.8. The maximum atomic E-state index is 13.0. The van der Waals surface area contributed by atoms with E-state index >= 15 is 0 Å². The summed E-state index contributed by atoms with van der Waals surface area (Å²) in [6, 6.07) is 8.52. The summed E-state index contributed by atoms with van der Waals surface area (Å²) in [6.45, 7) is 4.87. The number of carbonyl (C=O) groups is 2. The molecule has 2 atom stereocenters. The number of amides is 2. The highest BCUT2D eigenvalue weighted by atomic mass is 16.2. The van der Waals surface area contributed by atoms with Gasteiger partial charge in [-0.15, -0.1) is 0 Å². The van der Waals surface area contributed by atoms with E-state index in [1.165, 1.54) is 11.1 Å². The number of aryl methyl sites for hydroxylation is 1. The van der Waals surface area contributed by atoms with Crippen LogP contribution in [-0.2, 0) is 21.4 Å². The van der Waals surface area contributed by atoms with E-state index in [0.29, 0.717) is 13.1 Å². The van der Waals surface area contributed by atoms with Crippen LogP contribution in [0.15, 0.2) is 24.3 Å². The lowest BCUT2D eigenvalue weighted by Crippen LogP contribution is -2.63. The van der Waals surface area contributed by atoms with E-state index in [1.54, 1.807) is 4.90 Å². The van der Waals surface area contributed by atoms with Crippen molar-refractivity contribution in [2.45, 2.75) is 44.1 Å². The summed E-state index contributed by atoms with van der Waals surface area (Å²) in [5.41, 5.74) is 2.08. The van der Waals surface area contributed by atoms with Crippen LogP contribution in [0.25, 0.3) is 0 Å². The van der Waals surface area contributed by atoms with E-state index in [4.69, 9.17) is 0 Å². The van der Waals surface area contributed by atoms with Gasteiger partial charge in [0.25, 0.3) is 0 Å². The van der Waals surface area contributed by atoms with E-state index in [1.807, 2.05) is 13.8 Å². The molecule has 1 N–H and O–H groups in total. The van der Waals surface area contributed by atoms with E-state index in [2.05, 4.69) is 29.6 Å². The monoisotopic (exact) mass is 298 g/mol. The van der Waals surface area contributed by atoms with Gasteiger partial charge in [0.1, 0.15) is 5.54 Å². The van der Waals surface area contributed by atoms with Crippen LogP contribution >= 0.6 is 0 Å². The number of hydrogen-bond acceptors (Lipinski definition) is 2. The molecule has 116 valence electrons. The third-order valence-electron chi connectivity index (χ3n) is 5.89. The van der Waals surface area contributed by atoms with Gasteiger partial charge in [-0.2, -0.15) is 0 Å². The van der Waals surface area contributed by atoms with E-state index in [9.17, 15) is 9.59 Å². The molecule has 0 radical (unpaired) electrons. The van der Waals surface area contributed by atoms with Gasteiger partial charge in [0, 0.05) is 24.4 Å². The van der Waals surface area contributed by atoms with Crippen LogP contribution < -0.4 is 5.32 Å². The predicted octanol–water partition coefficient (Wildman–Crippen LogP) is 1.63. The Hall–Kier alpha value is -1.84. The fourth-order valence-electron chi connectivity index (χ4n) is 4.39. The Kier molecular flexibility index (Phi) is 2.72. The molecule has 1 aliphatic heterocycles. The lowest BCUT2D eigenvalue weighted by molar-refractivity contribution is -0.150. The minimum atomic E-state index is -0.739. The highest BCUT2D eigenvalue weighted by Crippen LogP contribution is 2.62. The number of fused-ring (bicyclic) bond motifs is 2. The minimum Gasteiger partial charge on any atom is -0.352 e. The zero-order valence-corrected chi connectivity index (χ0v) is 13.2. The highest BCUT2D eigenvalue weighted by molar-refractivity contribution is 5.94. The summed E-state index contributed by atoms with van der Waals surface area (Å²) < 4.78 is 0. The molecule has 0 bridgehead atoms. The SMILES string of the molecule is CC1(C)C(=O)NCCN1C(=O)C1CC12CCc1ccccc12. The molecule has 4 heteroatoms. The molecule has 2 amide bonds. The Labute approximate surface area is 130 Å². The van der Waals surface area contributed by atoms with Crippen molar-refractivity contribution in [3.05, 3.63) is 35.4 Å². The molecule has 4 rings (SSSR count). The molecule has 1 spiro atoms. The molecule has 1 saturated carbocycles. The van der Waals surface area contributed by atoms with Gasteiger partial charge in [-0.3, -0.25) is 9.59 Å². The van der Waals surface area contributed by atoms with E-state index in [0.717, 1.165) is 19.3 Å². The Morgan fingerprint density at radius 2 is 2.09 bits per heavy atom. The molecular formula is C18H22N2O2. The lowest BCUT2D eigenvalue weighted by Gasteiger charge is -2.41. The smallest absolute Gasteiger partial charge is 0.245 e. The molecule has 1 heterocycles. The first-order chi connectivity index (χ1) is 10.5. The second-order valence-electron chi connectivity index (χ2n) is 7.37. The van der Waals surface area contributed by atoms with Crippen molar-refractivity contribution >= 4 is 11.8 Å². The minimum absolute atomic E-state index is 0.0476. The summed E-state index contributed by atoms with van der Waals surface area (Å²) in [4.78, 5) is 26.9. The van der Waals surface area contributed by atoms with Crippen molar-refractivity contribution in [1.82, 2.24) is 10.2 Å². The van der Waals surface area contributed by atoms with Crippen LogP contribution in [0.4, 0.5) is 0 Å². The number of hydrogen-bond donors (Lipinski definition) is 1. The maximum absolute atomic E-state index is 13.0. The molecule has 3 aliphatic rings. The topological polar surface area (TPSA) is 49.4 Å². The molecule has 1 aromatic carbocycles. The third-order valence-corrected chi connectivity index (χ3v) is 5.89. The number of benzene rings is 1. The van der Waals surface area contributed by atoms with Gasteiger partial charge in [-0.05, 0) is 44.2 Å². The molecule has 4 nitrogen and oxygen atoms in total. The largest absolute Gasteiger partial charge is 0.352 e. The second-order valence-corrected chi connectivity index (χ2v) is 7.37. The van der Waals surface area contributed by atoms with Crippen molar-refractivity contribution in [2.24, 2.45) is 5.92 Å². The Balaban J connectivity index is 1.61. The highest BCUT2D eigenvalue weighted by Gasteiger charge is 2.63. The molecule has 2 fully saturated rings. The van der Waals surface area contributed by atoms with Crippen LogP contribution in [0.1, 0.15) is 37.8 Å². The van der Waals surface area contributed by atoms with Crippen molar-refractivity contribution in [3.8, 4) is 0 Å². The molecule has 22 heavy (non-hydrogen) atoms. The third kappa shape index (κ3) is 1.70. The van der Waals surface area contributed by atoms with Crippen molar-refractivity contribution in [2.75, 3.05) is 13.1 Å². The fraction of sp³-hybridized carbons (Fsp3) is 0.556. The Bertz CT molecular complexity index is 667. The Morgan fingerprint density at radius 1 is 1.32 bits per heavy atom. The summed E-state index contributed by atoms with van der Waals surface area (Å²) in [5, 5.41) is 2.86. The molecule has 0 aromatic heterocycles. The van der Waals surface area contributed by atoms with E-state index in [-0.39, 0.29) is 23.1 Å². The fourth-order valence-corrected chi connectivity index (χ4v) is 4.39. The van der Waals surface area contributed by atoms with Gasteiger partial charge in [0.15, 0.2) is 0 Å². The second kappa shape index (κ2) is 4.34. The molecular weight excluding hydrogens is 276 g/mol. The van der Waals surface area contributed by atoms with Crippen molar-refractivity contribution in [3.63, 3.8) is 0 Å². The van der Waals surface area contributed by atoms with Crippen LogP contribution in [0, 0.1) is 5.92 Å². The maximum Gasteiger partial charge on any atom is 0.245 e.